The molecule has 5 rings (SSSR count). The summed E-state index contributed by atoms with van der Waals surface area (Å²) in [5.41, 5.74) is 4.11. The van der Waals surface area contributed by atoms with Crippen LogP contribution in [0, 0.1) is 0 Å². The van der Waals surface area contributed by atoms with Crippen LogP contribution in [0.15, 0.2) is 71.8 Å². The third-order valence-corrected chi connectivity index (χ3v) is 5.90. The van der Waals surface area contributed by atoms with Crippen molar-refractivity contribution in [1.82, 2.24) is 5.01 Å². The molecular formula is C26H26N2O4. The highest BCUT2D eigenvalue weighted by Crippen LogP contribution is 2.49. The molecule has 0 unspecified atom stereocenters. The largest absolute Gasteiger partial charge is 0.497 e. The summed E-state index contributed by atoms with van der Waals surface area (Å²) in [6.07, 6.45) is 0.358. The molecule has 2 aliphatic rings. The van der Waals surface area contributed by atoms with Crippen LogP contribution in [0.3, 0.4) is 0 Å². The monoisotopic (exact) mass is 430 g/mol. The van der Waals surface area contributed by atoms with Crippen LogP contribution in [0.4, 0.5) is 0 Å². The molecule has 0 saturated carbocycles. The molecule has 0 aromatic heterocycles. The van der Waals surface area contributed by atoms with Crippen LogP contribution in [0.2, 0.25) is 0 Å². The fourth-order valence-corrected chi connectivity index (χ4v) is 4.36. The molecule has 2 heterocycles. The van der Waals surface area contributed by atoms with Gasteiger partial charge in [-0.3, -0.25) is 0 Å². The first kappa shape index (κ1) is 20.2. The van der Waals surface area contributed by atoms with E-state index in [9.17, 15) is 0 Å². The van der Waals surface area contributed by atoms with Crippen molar-refractivity contribution in [2.45, 2.75) is 25.6 Å². The highest BCUT2D eigenvalue weighted by atomic mass is 16.5. The summed E-state index contributed by atoms with van der Waals surface area (Å²) in [7, 11) is 3.32. The Morgan fingerprint density at radius 1 is 0.938 bits per heavy atom. The SMILES string of the molecule is CCOc1ccc(C2=NN3[C@@H](c4cc(OC)ccc4OC)Oc4ccccc4[C@@H]3C2)cc1. The first-order valence-electron chi connectivity index (χ1n) is 10.8. The van der Waals surface area contributed by atoms with Gasteiger partial charge in [0.1, 0.15) is 23.0 Å². The Balaban J connectivity index is 1.57. The number of methoxy groups -OCH3 is 2. The summed E-state index contributed by atoms with van der Waals surface area (Å²) >= 11 is 0. The zero-order chi connectivity index (χ0) is 22.1. The molecule has 2 atom stereocenters. The van der Waals surface area contributed by atoms with E-state index in [0.29, 0.717) is 6.61 Å². The van der Waals surface area contributed by atoms with Gasteiger partial charge in [0.25, 0.3) is 0 Å². The molecule has 6 heteroatoms. The number of nitrogens with zero attached hydrogens (tertiary/aromatic N) is 2. The molecule has 3 aromatic rings. The summed E-state index contributed by atoms with van der Waals surface area (Å²) in [4.78, 5) is 0. The molecule has 0 saturated heterocycles. The second-order valence-electron chi connectivity index (χ2n) is 7.72. The Morgan fingerprint density at radius 2 is 1.72 bits per heavy atom. The first-order chi connectivity index (χ1) is 15.7. The van der Waals surface area contributed by atoms with Gasteiger partial charge >= 0.3 is 0 Å². The molecule has 0 N–H and O–H groups in total. The van der Waals surface area contributed by atoms with Gasteiger partial charge in [0.15, 0.2) is 0 Å². The van der Waals surface area contributed by atoms with Gasteiger partial charge in [-0.1, -0.05) is 18.2 Å². The zero-order valence-corrected chi connectivity index (χ0v) is 18.4. The summed E-state index contributed by atoms with van der Waals surface area (Å²) < 4.78 is 23.2. The number of hydrazone groups is 1. The van der Waals surface area contributed by atoms with Gasteiger partial charge in [-0.25, -0.2) is 5.01 Å². The quantitative estimate of drug-likeness (QED) is 0.528. The second-order valence-corrected chi connectivity index (χ2v) is 7.72. The number of ether oxygens (including phenoxy) is 4. The van der Waals surface area contributed by atoms with Crippen LogP contribution in [-0.2, 0) is 0 Å². The van der Waals surface area contributed by atoms with Gasteiger partial charge in [0, 0.05) is 12.0 Å². The average molecular weight is 431 g/mol. The van der Waals surface area contributed by atoms with Crippen molar-refractivity contribution in [1.29, 1.82) is 0 Å². The molecular weight excluding hydrogens is 404 g/mol. The van der Waals surface area contributed by atoms with E-state index < -0.39 is 6.23 Å². The number of para-hydroxylation sites is 1. The third-order valence-electron chi connectivity index (χ3n) is 5.90. The van der Waals surface area contributed by atoms with E-state index >= 15 is 0 Å². The Hall–Kier alpha value is -3.67. The fourth-order valence-electron chi connectivity index (χ4n) is 4.36. The standard InChI is InChI=1S/C26H26N2O4/c1-4-31-18-11-9-17(10-12-18)22-16-23-20-7-5-6-8-25(20)32-26(28(23)27-22)21-15-19(29-2)13-14-24(21)30-3/h5-15,23,26H,4,16H2,1-3H3/t23-,26+/m0/s1. The molecule has 0 spiro atoms. The van der Waals surface area contributed by atoms with E-state index in [4.69, 9.17) is 24.0 Å². The minimum atomic E-state index is -0.430. The lowest BCUT2D eigenvalue weighted by atomic mass is 9.95. The van der Waals surface area contributed by atoms with Crippen molar-refractivity contribution in [2.24, 2.45) is 5.10 Å². The van der Waals surface area contributed by atoms with Gasteiger partial charge < -0.3 is 18.9 Å². The number of hydrogen-bond acceptors (Lipinski definition) is 6. The zero-order valence-electron chi connectivity index (χ0n) is 18.4. The predicted molar refractivity (Wildman–Crippen MR) is 123 cm³/mol. The van der Waals surface area contributed by atoms with Crippen LogP contribution in [0.25, 0.3) is 0 Å². The van der Waals surface area contributed by atoms with E-state index in [0.717, 1.165) is 51.8 Å². The molecule has 2 aliphatic heterocycles. The third kappa shape index (κ3) is 3.51. The summed E-state index contributed by atoms with van der Waals surface area (Å²) in [5, 5.41) is 7.08. The van der Waals surface area contributed by atoms with Gasteiger partial charge in [0.05, 0.1) is 38.1 Å². The summed E-state index contributed by atoms with van der Waals surface area (Å²) in [5.74, 6) is 3.21. The van der Waals surface area contributed by atoms with E-state index in [-0.39, 0.29) is 6.04 Å². The lowest BCUT2D eigenvalue weighted by molar-refractivity contribution is -0.0204. The van der Waals surface area contributed by atoms with Crippen LogP contribution >= 0.6 is 0 Å². The normalized spacial score (nSPS) is 18.8. The Morgan fingerprint density at radius 3 is 2.47 bits per heavy atom. The molecule has 32 heavy (non-hydrogen) atoms. The smallest absolute Gasteiger partial charge is 0.217 e. The van der Waals surface area contributed by atoms with E-state index in [1.807, 2.05) is 60.5 Å². The predicted octanol–water partition coefficient (Wildman–Crippen LogP) is 5.34. The second kappa shape index (κ2) is 8.46. The molecule has 0 amide bonds. The average Bonchev–Trinajstić information content (AvgIpc) is 3.29. The lowest BCUT2D eigenvalue weighted by Crippen LogP contribution is -2.33. The summed E-state index contributed by atoms with van der Waals surface area (Å²) in [6.45, 7) is 2.63. The van der Waals surface area contributed by atoms with Crippen molar-refractivity contribution in [3.8, 4) is 23.0 Å². The highest BCUT2D eigenvalue weighted by molar-refractivity contribution is 6.02. The maximum Gasteiger partial charge on any atom is 0.217 e. The molecule has 6 nitrogen and oxygen atoms in total. The van der Waals surface area contributed by atoms with Crippen LogP contribution < -0.4 is 18.9 Å². The highest BCUT2D eigenvalue weighted by Gasteiger charge is 2.42. The van der Waals surface area contributed by atoms with Crippen molar-refractivity contribution in [3.05, 3.63) is 83.4 Å². The maximum absolute atomic E-state index is 6.47. The number of fused-ring (bicyclic) bond motifs is 3. The van der Waals surface area contributed by atoms with E-state index in [2.05, 4.69) is 18.2 Å². The first-order valence-corrected chi connectivity index (χ1v) is 10.8. The number of rotatable bonds is 6. The number of benzene rings is 3. The summed E-state index contributed by atoms with van der Waals surface area (Å²) in [6, 6.07) is 22.1. The van der Waals surface area contributed by atoms with Crippen LogP contribution in [0.5, 0.6) is 23.0 Å². The Kier molecular flexibility index (Phi) is 5.35. The minimum absolute atomic E-state index is 0.0717. The molecule has 0 fully saturated rings. The van der Waals surface area contributed by atoms with Crippen LogP contribution in [0.1, 0.15) is 42.3 Å². The van der Waals surface area contributed by atoms with Crippen molar-refractivity contribution >= 4 is 5.71 Å². The van der Waals surface area contributed by atoms with Gasteiger partial charge in [-0.15, -0.1) is 0 Å². The van der Waals surface area contributed by atoms with Crippen molar-refractivity contribution < 1.29 is 18.9 Å². The minimum Gasteiger partial charge on any atom is -0.497 e. The van der Waals surface area contributed by atoms with Gasteiger partial charge in [0.2, 0.25) is 6.23 Å². The fraction of sp³-hybridized carbons (Fsp3) is 0.269. The number of hydrogen-bond donors (Lipinski definition) is 0. The van der Waals surface area contributed by atoms with Gasteiger partial charge in [-0.2, -0.15) is 5.10 Å². The van der Waals surface area contributed by atoms with Gasteiger partial charge in [-0.05, 0) is 61.0 Å². The maximum atomic E-state index is 6.47. The van der Waals surface area contributed by atoms with E-state index in [1.165, 1.54) is 0 Å². The Bertz CT molecular complexity index is 1140. The molecule has 164 valence electrons. The molecule has 0 bridgehead atoms. The Labute approximate surface area is 188 Å². The van der Waals surface area contributed by atoms with Crippen molar-refractivity contribution in [2.75, 3.05) is 20.8 Å². The molecule has 3 aromatic carbocycles. The lowest BCUT2D eigenvalue weighted by Gasteiger charge is -2.38. The topological polar surface area (TPSA) is 52.5 Å². The van der Waals surface area contributed by atoms with Crippen LogP contribution in [-0.4, -0.2) is 31.5 Å². The molecule has 0 radical (unpaired) electrons. The van der Waals surface area contributed by atoms with Crippen molar-refractivity contribution in [3.63, 3.8) is 0 Å². The van der Waals surface area contributed by atoms with E-state index in [1.54, 1.807) is 14.2 Å². The molecule has 0 aliphatic carbocycles.